The standard InChI is InChI=1S/C14H20IN3O2/c1-14(2,3)20-13(19)18-9-7-17(8-10-18)12-11(15)5-4-6-16-12/h4-6H,7-10H2,1-3H3. The molecule has 0 radical (unpaired) electrons. The number of ether oxygens (including phenoxy) is 1. The van der Waals surface area contributed by atoms with Crippen molar-refractivity contribution in [2.75, 3.05) is 31.1 Å². The maximum atomic E-state index is 12.0. The zero-order chi connectivity index (χ0) is 14.8. The van der Waals surface area contributed by atoms with Crippen LogP contribution in [-0.2, 0) is 4.74 Å². The largest absolute Gasteiger partial charge is 0.444 e. The van der Waals surface area contributed by atoms with Crippen LogP contribution in [0.5, 0.6) is 0 Å². The summed E-state index contributed by atoms with van der Waals surface area (Å²) in [7, 11) is 0. The molecule has 0 saturated carbocycles. The molecule has 0 atom stereocenters. The minimum absolute atomic E-state index is 0.229. The number of amides is 1. The number of aromatic nitrogens is 1. The first kappa shape index (κ1) is 15.3. The third kappa shape index (κ3) is 3.97. The van der Waals surface area contributed by atoms with Crippen LogP contribution in [-0.4, -0.2) is 47.8 Å². The van der Waals surface area contributed by atoms with E-state index in [1.807, 2.05) is 32.9 Å². The summed E-state index contributed by atoms with van der Waals surface area (Å²) in [5, 5.41) is 0. The number of pyridine rings is 1. The Morgan fingerprint density at radius 1 is 1.30 bits per heavy atom. The molecule has 1 aliphatic heterocycles. The van der Waals surface area contributed by atoms with Gasteiger partial charge >= 0.3 is 6.09 Å². The third-order valence-electron chi connectivity index (χ3n) is 2.97. The highest BCUT2D eigenvalue weighted by molar-refractivity contribution is 14.1. The molecule has 1 aliphatic rings. The van der Waals surface area contributed by atoms with Gasteiger partial charge in [0.25, 0.3) is 0 Å². The van der Waals surface area contributed by atoms with Crippen LogP contribution >= 0.6 is 22.6 Å². The highest BCUT2D eigenvalue weighted by Crippen LogP contribution is 2.21. The molecule has 6 heteroatoms. The molecule has 1 aromatic rings. The van der Waals surface area contributed by atoms with E-state index in [9.17, 15) is 4.79 Å². The summed E-state index contributed by atoms with van der Waals surface area (Å²) in [5.41, 5.74) is -0.440. The molecule has 0 N–H and O–H groups in total. The van der Waals surface area contributed by atoms with Gasteiger partial charge in [0.2, 0.25) is 0 Å². The lowest BCUT2D eigenvalue weighted by Crippen LogP contribution is -2.50. The lowest BCUT2D eigenvalue weighted by atomic mass is 10.2. The summed E-state index contributed by atoms with van der Waals surface area (Å²) >= 11 is 2.29. The van der Waals surface area contributed by atoms with Gasteiger partial charge in [-0.3, -0.25) is 0 Å². The number of rotatable bonds is 1. The maximum Gasteiger partial charge on any atom is 0.410 e. The fourth-order valence-corrected chi connectivity index (χ4v) is 2.73. The summed E-state index contributed by atoms with van der Waals surface area (Å²) in [6, 6.07) is 3.98. The second kappa shape index (κ2) is 6.15. The van der Waals surface area contributed by atoms with Crippen molar-refractivity contribution in [2.24, 2.45) is 0 Å². The second-order valence-corrected chi connectivity index (χ2v) is 6.93. The van der Waals surface area contributed by atoms with E-state index < -0.39 is 5.60 Å². The molecule has 1 fully saturated rings. The molecule has 110 valence electrons. The Kier molecular flexibility index (Phi) is 4.72. The molecular weight excluding hydrogens is 369 g/mol. The molecule has 0 aliphatic carbocycles. The molecule has 20 heavy (non-hydrogen) atoms. The van der Waals surface area contributed by atoms with E-state index in [-0.39, 0.29) is 6.09 Å². The van der Waals surface area contributed by atoms with Crippen LogP contribution < -0.4 is 4.90 Å². The van der Waals surface area contributed by atoms with Gasteiger partial charge in [-0.05, 0) is 55.5 Å². The minimum atomic E-state index is -0.440. The van der Waals surface area contributed by atoms with E-state index in [0.29, 0.717) is 13.1 Å². The number of nitrogens with zero attached hydrogens (tertiary/aromatic N) is 3. The molecule has 2 heterocycles. The molecular formula is C14H20IN3O2. The SMILES string of the molecule is CC(C)(C)OC(=O)N1CCN(c2ncccc2I)CC1. The van der Waals surface area contributed by atoms with E-state index >= 15 is 0 Å². The van der Waals surface area contributed by atoms with Crippen LogP contribution in [0.25, 0.3) is 0 Å². The Bertz CT molecular complexity index is 480. The quantitative estimate of drug-likeness (QED) is 0.693. The van der Waals surface area contributed by atoms with Crippen LogP contribution in [0.2, 0.25) is 0 Å². The predicted octanol–water partition coefficient (Wildman–Crippen LogP) is 2.74. The summed E-state index contributed by atoms with van der Waals surface area (Å²) < 4.78 is 6.53. The number of hydrogen-bond donors (Lipinski definition) is 0. The number of carbonyl (C=O) groups excluding carboxylic acids is 1. The Hall–Kier alpha value is -1.05. The molecule has 0 aromatic carbocycles. The van der Waals surface area contributed by atoms with E-state index in [1.54, 1.807) is 11.1 Å². The molecule has 0 spiro atoms. The molecule has 1 aromatic heterocycles. The number of halogens is 1. The van der Waals surface area contributed by atoms with Gasteiger partial charge < -0.3 is 14.5 Å². The van der Waals surface area contributed by atoms with Crippen molar-refractivity contribution in [2.45, 2.75) is 26.4 Å². The van der Waals surface area contributed by atoms with Crippen molar-refractivity contribution in [3.05, 3.63) is 21.9 Å². The molecule has 1 saturated heterocycles. The van der Waals surface area contributed by atoms with Crippen molar-refractivity contribution < 1.29 is 9.53 Å². The van der Waals surface area contributed by atoms with Crippen molar-refractivity contribution in [3.8, 4) is 0 Å². The Labute approximate surface area is 133 Å². The van der Waals surface area contributed by atoms with Gasteiger partial charge in [-0.15, -0.1) is 0 Å². The third-order valence-corrected chi connectivity index (χ3v) is 3.81. The zero-order valence-electron chi connectivity index (χ0n) is 12.1. The van der Waals surface area contributed by atoms with Crippen LogP contribution in [0.4, 0.5) is 10.6 Å². The van der Waals surface area contributed by atoms with Crippen LogP contribution in [0.15, 0.2) is 18.3 Å². The van der Waals surface area contributed by atoms with Crippen LogP contribution in [0.3, 0.4) is 0 Å². The van der Waals surface area contributed by atoms with Crippen molar-refractivity contribution in [3.63, 3.8) is 0 Å². The number of piperazine rings is 1. The molecule has 1 amide bonds. The summed E-state index contributed by atoms with van der Waals surface area (Å²) in [6.45, 7) is 8.56. The van der Waals surface area contributed by atoms with Gasteiger partial charge in [-0.1, -0.05) is 0 Å². The van der Waals surface area contributed by atoms with E-state index in [1.165, 1.54) is 0 Å². The van der Waals surface area contributed by atoms with Crippen LogP contribution in [0, 0.1) is 3.57 Å². The highest BCUT2D eigenvalue weighted by Gasteiger charge is 2.26. The monoisotopic (exact) mass is 389 g/mol. The first-order valence-electron chi connectivity index (χ1n) is 6.70. The van der Waals surface area contributed by atoms with Crippen molar-refractivity contribution in [1.82, 2.24) is 9.88 Å². The number of carbonyl (C=O) groups is 1. The lowest BCUT2D eigenvalue weighted by Gasteiger charge is -2.36. The summed E-state index contributed by atoms with van der Waals surface area (Å²) in [4.78, 5) is 20.4. The molecule has 0 unspecified atom stereocenters. The van der Waals surface area contributed by atoms with E-state index in [4.69, 9.17) is 4.74 Å². The minimum Gasteiger partial charge on any atom is -0.444 e. The molecule has 2 rings (SSSR count). The smallest absolute Gasteiger partial charge is 0.410 e. The van der Waals surface area contributed by atoms with Gasteiger partial charge in [-0.2, -0.15) is 0 Å². The molecule has 5 nitrogen and oxygen atoms in total. The van der Waals surface area contributed by atoms with Gasteiger partial charge in [-0.25, -0.2) is 9.78 Å². The first-order valence-corrected chi connectivity index (χ1v) is 7.78. The highest BCUT2D eigenvalue weighted by atomic mass is 127. The van der Waals surface area contributed by atoms with Crippen molar-refractivity contribution in [1.29, 1.82) is 0 Å². The average Bonchev–Trinajstić information content (AvgIpc) is 2.37. The van der Waals surface area contributed by atoms with Gasteiger partial charge in [0.1, 0.15) is 11.4 Å². The fourth-order valence-electron chi connectivity index (χ4n) is 2.04. The predicted molar refractivity (Wildman–Crippen MR) is 87.0 cm³/mol. The van der Waals surface area contributed by atoms with E-state index in [0.717, 1.165) is 22.5 Å². The fraction of sp³-hybridized carbons (Fsp3) is 0.571. The second-order valence-electron chi connectivity index (χ2n) is 5.76. The summed E-state index contributed by atoms with van der Waals surface area (Å²) in [6.07, 6.45) is 1.57. The Morgan fingerprint density at radius 2 is 1.95 bits per heavy atom. The Balaban J connectivity index is 1.93. The first-order chi connectivity index (χ1) is 9.37. The number of hydrogen-bond acceptors (Lipinski definition) is 4. The Morgan fingerprint density at radius 3 is 2.50 bits per heavy atom. The molecule has 0 bridgehead atoms. The van der Waals surface area contributed by atoms with Gasteiger partial charge in [0.05, 0.1) is 3.57 Å². The average molecular weight is 389 g/mol. The zero-order valence-corrected chi connectivity index (χ0v) is 14.3. The topological polar surface area (TPSA) is 45.7 Å². The number of anilines is 1. The van der Waals surface area contributed by atoms with Crippen molar-refractivity contribution >= 4 is 34.5 Å². The van der Waals surface area contributed by atoms with Crippen LogP contribution in [0.1, 0.15) is 20.8 Å². The van der Waals surface area contributed by atoms with Gasteiger partial charge in [0, 0.05) is 32.4 Å². The normalized spacial score (nSPS) is 16.2. The summed E-state index contributed by atoms with van der Waals surface area (Å²) in [5.74, 6) is 0.997. The maximum absolute atomic E-state index is 12.0. The van der Waals surface area contributed by atoms with Gasteiger partial charge in [0.15, 0.2) is 0 Å². The lowest BCUT2D eigenvalue weighted by molar-refractivity contribution is 0.0240. The van der Waals surface area contributed by atoms with E-state index in [2.05, 4.69) is 32.5 Å².